The van der Waals surface area contributed by atoms with Crippen LogP contribution in [0.25, 0.3) is 11.1 Å². The van der Waals surface area contributed by atoms with Crippen LogP contribution >= 0.6 is 0 Å². The van der Waals surface area contributed by atoms with Gasteiger partial charge in [0, 0.05) is 22.4 Å². The summed E-state index contributed by atoms with van der Waals surface area (Å²) in [7, 11) is 0. The number of hydrogen-bond donors (Lipinski definition) is 2. The van der Waals surface area contributed by atoms with Gasteiger partial charge in [-0.15, -0.1) is 0 Å². The largest absolute Gasteiger partial charge is 0.444 e. The zero-order chi connectivity index (χ0) is 20.4. The average molecular weight is 398 g/mol. The van der Waals surface area contributed by atoms with Crippen LogP contribution in [0.3, 0.4) is 0 Å². The first-order chi connectivity index (χ1) is 14.0. The van der Waals surface area contributed by atoms with E-state index in [0.29, 0.717) is 12.2 Å². The molecule has 1 aliphatic heterocycles. The Balaban J connectivity index is 1.35. The molecule has 3 aromatic rings. The Morgan fingerprint density at radius 1 is 1.24 bits per heavy atom. The number of nitrogens with one attached hydrogen (secondary N) is 2. The second-order valence-corrected chi connectivity index (χ2v) is 6.34. The fraction of sp³-hybridized carbons (Fsp3) is 0.167. The summed E-state index contributed by atoms with van der Waals surface area (Å²) >= 11 is 0. The highest BCUT2D eigenvalue weighted by molar-refractivity contribution is 5.89. The van der Waals surface area contributed by atoms with Gasteiger partial charge in [0.15, 0.2) is 0 Å². The van der Waals surface area contributed by atoms with E-state index in [4.69, 9.17) is 4.74 Å². The Bertz CT molecular complexity index is 1050. The molecule has 10 nitrogen and oxygen atoms in total. The summed E-state index contributed by atoms with van der Waals surface area (Å²) in [6, 6.07) is 9.24. The summed E-state index contributed by atoms with van der Waals surface area (Å²) in [6.07, 6.45) is 2.70. The van der Waals surface area contributed by atoms with E-state index < -0.39 is 16.9 Å². The fourth-order valence-corrected chi connectivity index (χ4v) is 2.92. The standard InChI is InChI=1S/C18H15FN6O4/c19-15-6-3-12(7-20-15)11-1-4-13(5-2-11)21-17(26)22-14-8-24-9-16(25(27)28)23-18(24)29-10-14/h1-7,9,14H,8,10H2,(H2,21,22,26)/t14-/m0/s1. The number of imidazole rings is 1. The molecule has 4 rings (SSSR count). The number of carbonyl (C=O) groups is 1. The molecule has 0 fully saturated rings. The topological polar surface area (TPSA) is 124 Å². The number of hydrogen-bond acceptors (Lipinski definition) is 6. The van der Waals surface area contributed by atoms with Gasteiger partial charge in [-0.05, 0) is 34.8 Å². The number of aromatic nitrogens is 3. The number of rotatable bonds is 4. The molecule has 1 atom stereocenters. The number of nitro groups is 1. The molecule has 148 valence electrons. The van der Waals surface area contributed by atoms with Crippen molar-refractivity contribution in [3.05, 3.63) is 64.9 Å². The van der Waals surface area contributed by atoms with Crippen molar-refractivity contribution >= 4 is 17.5 Å². The molecule has 11 heteroatoms. The first kappa shape index (κ1) is 18.3. The molecule has 0 saturated heterocycles. The van der Waals surface area contributed by atoms with Crippen molar-refractivity contribution < 1.29 is 18.8 Å². The van der Waals surface area contributed by atoms with Crippen molar-refractivity contribution in [2.24, 2.45) is 0 Å². The second-order valence-electron chi connectivity index (χ2n) is 6.34. The predicted molar refractivity (Wildman–Crippen MR) is 99.9 cm³/mol. The molecule has 29 heavy (non-hydrogen) atoms. The lowest BCUT2D eigenvalue weighted by molar-refractivity contribution is -0.389. The van der Waals surface area contributed by atoms with Gasteiger partial charge in [-0.3, -0.25) is 4.57 Å². The van der Waals surface area contributed by atoms with Crippen LogP contribution in [0.15, 0.2) is 48.8 Å². The minimum atomic E-state index is -0.602. The second kappa shape index (κ2) is 7.54. The molecule has 2 aromatic heterocycles. The lowest BCUT2D eigenvalue weighted by Gasteiger charge is -2.23. The highest BCUT2D eigenvalue weighted by Crippen LogP contribution is 2.22. The van der Waals surface area contributed by atoms with Gasteiger partial charge in [0.25, 0.3) is 0 Å². The SMILES string of the molecule is O=C(Nc1ccc(-c2ccc(F)nc2)cc1)N[C@@H]1COc2nc([N+](=O)[O-])cn2C1. The van der Waals surface area contributed by atoms with Gasteiger partial charge in [-0.1, -0.05) is 12.1 Å². The number of ether oxygens (including phenoxy) is 1. The van der Waals surface area contributed by atoms with Crippen LogP contribution in [0, 0.1) is 16.1 Å². The van der Waals surface area contributed by atoms with Crippen molar-refractivity contribution in [1.29, 1.82) is 0 Å². The average Bonchev–Trinajstić information content (AvgIpc) is 3.13. The number of fused-ring (bicyclic) bond motifs is 1. The minimum Gasteiger partial charge on any atom is -0.444 e. The van der Waals surface area contributed by atoms with E-state index in [1.54, 1.807) is 30.3 Å². The first-order valence-electron chi connectivity index (χ1n) is 8.62. The van der Waals surface area contributed by atoms with Crippen LogP contribution in [-0.4, -0.2) is 38.1 Å². The molecule has 0 aliphatic carbocycles. The van der Waals surface area contributed by atoms with Crippen molar-refractivity contribution in [1.82, 2.24) is 19.9 Å². The van der Waals surface area contributed by atoms with Gasteiger partial charge in [0.2, 0.25) is 5.95 Å². The van der Waals surface area contributed by atoms with E-state index in [1.807, 2.05) is 0 Å². The highest BCUT2D eigenvalue weighted by atomic mass is 19.1. The molecule has 0 radical (unpaired) electrons. The van der Waals surface area contributed by atoms with E-state index in [2.05, 4.69) is 20.6 Å². The molecule has 0 saturated carbocycles. The first-order valence-corrected chi connectivity index (χ1v) is 8.62. The molecule has 2 N–H and O–H groups in total. The maximum absolute atomic E-state index is 12.9. The molecule has 1 aliphatic rings. The van der Waals surface area contributed by atoms with Crippen molar-refractivity contribution in [2.45, 2.75) is 12.6 Å². The molecule has 0 bridgehead atoms. The number of anilines is 1. The Kier molecular flexibility index (Phi) is 4.77. The number of halogens is 1. The molecule has 0 unspecified atom stereocenters. The molecular formula is C18H15FN6O4. The predicted octanol–water partition coefficient (Wildman–Crippen LogP) is 2.58. The van der Waals surface area contributed by atoms with E-state index in [1.165, 1.54) is 23.0 Å². The van der Waals surface area contributed by atoms with Gasteiger partial charge in [-0.25, -0.2) is 9.78 Å². The van der Waals surface area contributed by atoms with Crippen molar-refractivity contribution in [3.8, 4) is 17.1 Å². The number of pyridine rings is 1. The monoisotopic (exact) mass is 398 g/mol. The summed E-state index contributed by atoms with van der Waals surface area (Å²) in [6.45, 7) is 0.457. The van der Waals surface area contributed by atoms with Crippen molar-refractivity contribution in [2.75, 3.05) is 11.9 Å². The third kappa shape index (κ3) is 4.13. The Labute approximate surface area is 163 Å². The maximum atomic E-state index is 12.9. The van der Waals surface area contributed by atoms with Crippen LogP contribution < -0.4 is 15.4 Å². The number of benzene rings is 1. The van der Waals surface area contributed by atoms with Gasteiger partial charge >= 0.3 is 17.9 Å². The van der Waals surface area contributed by atoms with E-state index >= 15 is 0 Å². The number of urea groups is 1. The summed E-state index contributed by atoms with van der Waals surface area (Å²) in [5.74, 6) is -0.852. The summed E-state index contributed by atoms with van der Waals surface area (Å²) in [4.78, 5) is 29.8. The Morgan fingerprint density at radius 2 is 2.00 bits per heavy atom. The van der Waals surface area contributed by atoms with Crippen molar-refractivity contribution in [3.63, 3.8) is 0 Å². The van der Waals surface area contributed by atoms with E-state index in [0.717, 1.165) is 11.1 Å². The maximum Gasteiger partial charge on any atom is 0.414 e. The molecule has 1 aromatic carbocycles. The number of nitrogens with zero attached hydrogens (tertiary/aromatic N) is 4. The highest BCUT2D eigenvalue weighted by Gasteiger charge is 2.28. The molecular weight excluding hydrogens is 383 g/mol. The lowest BCUT2D eigenvalue weighted by atomic mass is 10.1. The molecule has 2 amide bonds. The normalized spacial score (nSPS) is 15.1. The number of amides is 2. The number of carbonyl (C=O) groups excluding carboxylic acids is 1. The van der Waals surface area contributed by atoms with Crippen LogP contribution in [-0.2, 0) is 6.54 Å². The molecule has 0 spiro atoms. The van der Waals surface area contributed by atoms with Gasteiger partial charge in [-0.2, -0.15) is 4.39 Å². The fourth-order valence-electron chi connectivity index (χ4n) is 2.92. The summed E-state index contributed by atoms with van der Waals surface area (Å²) in [5, 5.41) is 16.2. The summed E-state index contributed by atoms with van der Waals surface area (Å²) < 4.78 is 19.8. The molecule has 3 heterocycles. The third-order valence-electron chi connectivity index (χ3n) is 4.28. The zero-order valence-corrected chi connectivity index (χ0v) is 14.9. The Hall–Kier alpha value is -4.02. The van der Waals surface area contributed by atoms with Gasteiger partial charge in [0.1, 0.15) is 12.8 Å². The zero-order valence-electron chi connectivity index (χ0n) is 14.9. The van der Waals surface area contributed by atoms with Crippen LogP contribution in [0.5, 0.6) is 6.01 Å². The van der Waals surface area contributed by atoms with Crippen LogP contribution in [0.1, 0.15) is 0 Å². The smallest absolute Gasteiger partial charge is 0.414 e. The van der Waals surface area contributed by atoms with Gasteiger partial charge < -0.3 is 25.5 Å². The Morgan fingerprint density at radius 3 is 2.69 bits per heavy atom. The summed E-state index contributed by atoms with van der Waals surface area (Å²) in [5.41, 5.74) is 2.15. The van der Waals surface area contributed by atoms with Crippen LogP contribution in [0.4, 0.5) is 20.7 Å². The quantitative estimate of drug-likeness (QED) is 0.395. The lowest BCUT2D eigenvalue weighted by Crippen LogP contribution is -2.46. The minimum absolute atomic E-state index is 0.151. The van der Waals surface area contributed by atoms with E-state index in [9.17, 15) is 19.3 Å². The van der Waals surface area contributed by atoms with Crippen LogP contribution in [0.2, 0.25) is 0 Å². The third-order valence-corrected chi connectivity index (χ3v) is 4.28. The van der Waals surface area contributed by atoms with Gasteiger partial charge in [0.05, 0.1) is 12.6 Å². The van der Waals surface area contributed by atoms with E-state index in [-0.39, 0.29) is 24.5 Å².